The zero-order valence-corrected chi connectivity index (χ0v) is 18.5. The molecule has 168 valence electrons. The minimum atomic E-state index is -0.0876. The Bertz CT molecular complexity index is 482. The summed E-state index contributed by atoms with van der Waals surface area (Å²) in [6, 6.07) is 0. The van der Waals surface area contributed by atoms with Gasteiger partial charge >= 0.3 is 0 Å². The van der Waals surface area contributed by atoms with Crippen LogP contribution in [0.1, 0.15) is 58.3 Å². The van der Waals surface area contributed by atoms with E-state index in [2.05, 4.69) is 27.4 Å². The zero-order chi connectivity index (χ0) is 20.4. The van der Waals surface area contributed by atoms with Gasteiger partial charge in [-0.3, -0.25) is 9.89 Å². The molecule has 3 aliphatic rings. The molecule has 0 aromatic heterocycles. The van der Waals surface area contributed by atoms with Gasteiger partial charge in [-0.25, -0.2) is 0 Å². The highest BCUT2D eigenvalue weighted by molar-refractivity contribution is 5.79. The molecule has 2 heterocycles. The maximum Gasteiger partial charge on any atom is 0.191 e. The lowest BCUT2D eigenvalue weighted by Crippen LogP contribution is -2.56. The molecule has 1 saturated carbocycles. The Balaban J connectivity index is 1.48. The number of nitrogens with one attached hydrogen (secondary N) is 2. The lowest BCUT2D eigenvalue weighted by atomic mass is 9.80. The Morgan fingerprint density at radius 3 is 2.48 bits per heavy atom. The Hall–Kier alpha value is -0.890. The number of aliphatic imine (C=N–C) groups is 1. The first-order chi connectivity index (χ1) is 14.2. The number of hydrogen-bond acceptors (Lipinski definition) is 5. The van der Waals surface area contributed by atoms with Gasteiger partial charge in [-0.2, -0.15) is 0 Å². The van der Waals surface area contributed by atoms with E-state index < -0.39 is 0 Å². The smallest absolute Gasteiger partial charge is 0.191 e. The number of morpholine rings is 1. The average Bonchev–Trinajstić information content (AvgIpc) is 2.77. The van der Waals surface area contributed by atoms with E-state index in [0.717, 1.165) is 90.8 Å². The molecule has 29 heavy (non-hydrogen) atoms. The number of aliphatic hydroxyl groups excluding tert-OH is 1. The predicted molar refractivity (Wildman–Crippen MR) is 118 cm³/mol. The van der Waals surface area contributed by atoms with Crippen molar-refractivity contribution < 1.29 is 9.84 Å². The molecule has 0 amide bonds. The van der Waals surface area contributed by atoms with Gasteiger partial charge in [0.05, 0.1) is 25.9 Å². The molecule has 7 nitrogen and oxygen atoms in total. The van der Waals surface area contributed by atoms with Crippen LogP contribution in [-0.2, 0) is 4.74 Å². The SMILES string of the molecule is CCNC(=NCC1(N2CCOCC2)CCCCC1)NCCCN1CCC(O)CC1. The fourth-order valence-electron chi connectivity index (χ4n) is 5.04. The third-order valence-electron chi connectivity index (χ3n) is 6.84. The summed E-state index contributed by atoms with van der Waals surface area (Å²) < 4.78 is 5.60. The maximum absolute atomic E-state index is 9.64. The summed E-state index contributed by atoms with van der Waals surface area (Å²) in [5.41, 5.74) is 0.221. The van der Waals surface area contributed by atoms with Crippen LogP contribution >= 0.6 is 0 Å². The van der Waals surface area contributed by atoms with Gasteiger partial charge in [0, 0.05) is 44.8 Å². The van der Waals surface area contributed by atoms with Crippen LogP contribution < -0.4 is 10.6 Å². The molecule has 0 spiro atoms. The van der Waals surface area contributed by atoms with E-state index in [1.165, 1.54) is 32.1 Å². The normalized spacial score (nSPS) is 25.1. The first-order valence-electron chi connectivity index (χ1n) is 12.0. The van der Waals surface area contributed by atoms with Gasteiger partial charge in [0.15, 0.2) is 5.96 Å². The third kappa shape index (κ3) is 7.09. The van der Waals surface area contributed by atoms with E-state index in [1.807, 2.05) is 0 Å². The molecule has 0 atom stereocenters. The van der Waals surface area contributed by atoms with Crippen molar-refractivity contribution >= 4 is 5.96 Å². The van der Waals surface area contributed by atoms with Crippen LogP contribution in [0.25, 0.3) is 0 Å². The number of rotatable bonds is 8. The van der Waals surface area contributed by atoms with Gasteiger partial charge in [-0.15, -0.1) is 0 Å². The highest BCUT2D eigenvalue weighted by Gasteiger charge is 2.38. The Kier molecular flexibility index (Phi) is 9.49. The van der Waals surface area contributed by atoms with Crippen molar-refractivity contribution in [2.45, 2.75) is 69.9 Å². The highest BCUT2D eigenvalue weighted by Crippen LogP contribution is 2.34. The fraction of sp³-hybridized carbons (Fsp3) is 0.955. The summed E-state index contributed by atoms with van der Waals surface area (Å²) in [6.45, 7) is 11.8. The summed E-state index contributed by atoms with van der Waals surface area (Å²) in [6.07, 6.45) is 9.38. The standard InChI is InChI=1S/C22H43N5O2/c1-2-23-21(24-11-6-12-26-13-7-20(28)8-14-26)25-19-22(9-4-3-5-10-22)27-15-17-29-18-16-27/h20,28H,2-19H2,1H3,(H2,23,24,25). The van der Waals surface area contributed by atoms with Gasteiger partial charge < -0.3 is 25.4 Å². The summed E-state index contributed by atoms with van der Waals surface area (Å²) in [4.78, 5) is 10.2. The van der Waals surface area contributed by atoms with Gasteiger partial charge in [-0.1, -0.05) is 19.3 Å². The second-order valence-corrected chi connectivity index (χ2v) is 8.93. The van der Waals surface area contributed by atoms with Crippen LogP contribution in [0, 0.1) is 0 Å². The molecule has 3 rings (SSSR count). The first-order valence-corrected chi connectivity index (χ1v) is 12.0. The molecule has 0 radical (unpaired) electrons. The molecule has 0 aromatic rings. The number of piperidine rings is 1. The summed E-state index contributed by atoms with van der Waals surface area (Å²) >= 11 is 0. The lowest BCUT2D eigenvalue weighted by Gasteiger charge is -2.47. The second kappa shape index (κ2) is 12.1. The Labute approximate surface area is 177 Å². The Morgan fingerprint density at radius 2 is 1.79 bits per heavy atom. The van der Waals surface area contributed by atoms with Crippen molar-refractivity contribution in [1.29, 1.82) is 0 Å². The molecule has 1 aliphatic carbocycles. The van der Waals surface area contributed by atoms with Crippen molar-refractivity contribution in [3.8, 4) is 0 Å². The minimum Gasteiger partial charge on any atom is -0.393 e. The molecule has 2 aliphatic heterocycles. The molecule has 3 fully saturated rings. The summed E-state index contributed by atoms with van der Waals surface area (Å²) in [5, 5.41) is 16.6. The predicted octanol–water partition coefficient (Wildman–Crippen LogP) is 1.42. The van der Waals surface area contributed by atoms with Crippen molar-refractivity contribution in [2.24, 2.45) is 4.99 Å². The number of aliphatic hydroxyl groups is 1. The number of likely N-dealkylation sites (tertiary alicyclic amines) is 1. The van der Waals surface area contributed by atoms with Crippen LogP contribution in [0.5, 0.6) is 0 Å². The van der Waals surface area contributed by atoms with E-state index in [-0.39, 0.29) is 11.6 Å². The first kappa shape index (κ1) is 22.8. The molecule has 3 N–H and O–H groups in total. The molecule has 0 unspecified atom stereocenters. The minimum absolute atomic E-state index is 0.0876. The maximum atomic E-state index is 9.64. The van der Waals surface area contributed by atoms with Crippen molar-refractivity contribution in [3.63, 3.8) is 0 Å². The van der Waals surface area contributed by atoms with Crippen LogP contribution in [0.4, 0.5) is 0 Å². The molecule has 0 aromatic carbocycles. The monoisotopic (exact) mass is 409 g/mol. The topological polar surface area (TPSA) is 72.4 Å². The van der Waals surface area contributed by atoms with E-state index in [0.29, 0.717) is 0 Å². The second-order valence-electron chi connectivity index (χ2n) is 8.93. The van der Waals surface area contributed by atoms with Crippen LogP contribution in [-0.4, -0.2) is 98.1 Å². The van der Waals surface area contributed by atoms with Gasteiger partial charge in [0.1, 0.15) is 0 Å². The largest absolute Gasteiger partial charge is 0.393 e. The van der Waals surface area contributed by atoms with Crippen LogP contribution in [0.15, 0.2) is 4.99 Å². The quantitative estimate of drug-likeness (QED) is 0.320. The number of hydrogen-bond donors (Lipinski definition) is 3. The molecular weight excluding hydrogens is 366 g/mol. The highest BCUT2D eigenvalue weighted by atomic mass is 16.5. The van der Waals surface area contributed by atoms with Crippen LogP contribution in [0.2, 0.25) is 0 Å². The van der Waals surface area contributed by atoms with Gasteiger partial charge in [0.25, 0.3) is 0 Å². The molecule has 2 saturated heterocycles. The zero-order valence-electron chi connectivity index (χ0n) is 18.5. The van der Waals surface area contributed by atoms with E-state index in [9.17, 15) is 5.11 Å². The van der Waals surface area contributed by atoms with E-state index in [1.54, 1.807) is 0 Å². The van der Waals surface area contributed by atoms with E-state index >= 15 is 0 Å². The molecule has 0 bridgehead atoms. The number of nitrogens with zero attached hydrogens (tertiary/aromatic N) is 3. The average molecular weight is 410 g/mol. The van der Waals surface area contributed by atoms with Gasteiger partial charge in [0.2, 0.25) is 0 Å². The fourth-order valence-corrected chi connectivity index (χ4v) is 5.04. The van der Waals surface area contributed by atoms with Crippen molar-refractivity contribution in [3.05, 3.63) is 0 Å². The lowest BCUT2D eigenvalue weighted by molar-refractivity contribution is -0.0333. The molecule has 7 heteroatoms. The van der Waals surface area contributed by atoms with Gasteiger partial charge in [-0.05, 0) is 45.6 Å². The van der Waals surface area contributed by atoms with E-state index in [4.69, 9.17) is 9.73 Å². The number of guanidine groups is 1. The van der Waals surface area contributed by atoms with Crippen LogP contribution in [0.3, 0.4) is 0 Å². The Morgan fingerprint density at radius 1 is 1.07 bits per heavy atom. The third-order valence-corrected chi connectivity index (χ3v) is 6.84. The van der Waals surface area contributed by atoms with Crippen molar-refractivity contribution in [1.82, 2.24) is 20.4 Å². The summed E-state index contributed by atoms with van der Waals surface area (Å²) in [5.74, 6) is 0.958. The molecular formula is C22H43N5O2. The number of ether oxygens (including phenoxy) is 1. The summed E-state index contributed by atoms with van der Waals surface area (Å²) in [7, 11) is 0. The van der Waals surface area contributed by atoms with Crippen molar-refractivity contribution in [2.75, 3.05) is 65.6 Å².